The normalized spacial score (nSPS) is 12.3. The van der Waals surface area contributed by atoms with Gasteiger partial charge in [-0.2, -0.15) is 13.2 Å². The zero-order valence-electron chi connectivity index (χ0n) is 14.3. The Morgan fingerprint density at radius 3 is 2.36 bits per heavy atom. The van der Waals surface area contributed by atoms with Gasteiger partial charge in [0.2, 0.25) is 5.91 Å². The zero-order valence-corrected chi connectivity index (χ0v) is 15.1. The summed E-state index contributed by atoms with van der Waals surface area (Å²) in [6.07, 6.45) is -4.91. The molecule has 0 radical (unpaired) electrons. The molecule has 0 bridgehead atoms. The van der Waals surface area contributed by atoms with Gasteiger partial charge in [-0.25, -0.2) is 0 Å². The van der Waals surface area contributed by atoms with E-state index in [9.17, 15) is 22.8 Å². The molecule has 9 heteroatoms. The van der Waals surface area contributed by atoms with Gasteiger partial charge in [-0.15, -0.1) is 12.4 Å². The Morgan fingerprint density at radius 1 is 1.28 bits per heavy atom. The molecular weight excluding hydrogens is 359 g/mol. The summed E-state index contributed by atoms with van der Waals surface area (Å²) in [5, 5.41) is 2.62. The van der Waals surface area contributed by atoms with Gasteiger partial charge in [0.1, 0.15) is 0 Å². The number of amides is 2. The third kappa shape index (κ3) is 6.91. The molecular formula is C16H23ClF3N3O2. The van der Waals surface area contributed by atoms with Crippen LogP contribution in [0.4, 0.5) is 18.9 Å². The maximum Gasteiger partial charge on any atom is 0.471 e. The molecule has 2 amide bonds. The van der Waals surface area contributed by atoms with Crippen LogP contribution in [0.25, 0.3) is 0 Å². The monoisotopic (exact) mass is 381 g/mol. The number of benzene rings is 1. The summed E-state index contributed by atoms with van der Waals surface area (Å²) >= 11 is 0. The molecule has 0 aliphatic carbocycles. The minimum absolute atomic E-state index is 0. The van der Waals surface area contributed by atoms with E-state index in [-0.39, 0.29) is 37.3 Å². The summed E-state index contributed by atoms with van der Waals surface area (Å²) in [6, 6.07) is 5.63. The Balaban J connectivity index is 0.00000576. The molecule has 0 heterocycles. The second-order valence-corrected chi connectivity index (χ2v) is 5.78. The lowest BCUT2D eigenvalue weighted by Gasteiger charge is -2.22. The zero-order chi connectivity index (χ0) is 18.5. The van der Waals surface area contributed by atoms with Gasteiger partial charge in [-0.1, -0.05) is 26.0 Å². The van der Waals surface area contributed by atoms with E-state index in [1.807, 2.05) is 13.8 Å². The van der Waals surface area contributed by atoms with Crippen molar-refractivity contribution in [3.63, 3.8) is 0 Å². The van der Waals surface area contributed by atoms with Crippen LogP contribution in [0.1, 0.15) is 26.3 Å². The molecule has 0 fully saturated rings. The van der Waals surface area contributed by atoms with E-state index in [4.69, 9.17) is 5.73 Å². The molecule has 25 heavy (non-hydrogen) atoms. The molecule has 0 spiro atoms. The van der Waals surface area contributed by atoms with Crippen molar-refractivity contribution in [2.24, 2.45) is 11.7 Å². The van der Waals surface area contributed by atoms with Crippen molar-refractivity contribution in [2.45, 2.75) is 39.5 Å². The van der Waals surface area contributed by atoms with Gasteiger partial charge in [0, 0.05) is 18.8 Å². The number of alkyl halides is 3. The molecule has 0 saturated heterocycles. The number of carbonyl (C=O) groups excluding carboxylic acids is 2. The third-order valence-corrected chi connectivity index (χ3v) is 3.50. The first kappa shape index (κ1) is 23.2. The molecule has 1 aromatic carbocycles. The molecule has 1 aromatic rings. The highest BCUT2D eigenvalue weighted by molar-refractivity contribution is 5.94. The number of anilines is 1. The first-order valence-electron chi connectivity index (χ1n) is 7.57. The lowest BCUT2D eigenvalue weighted by atomic mass is 10.0. The minimum Gasteiger partial charge on any atom is -0.331 e. The number of hydrogen-bond donors (Lipinski definition) is 2. The van der Waals surface area contributed by atoms with Crippen LogP contribution < -0.4 is 11.1 Å². The highest BCUT2D eigenvalue weighted by Crippen LogP contribution is 2.21. The summed E-state index contributed by atoms with van der Waals surface area (Å²) in [6.45, 7) is 4.81. The molecule has 5 nitrogen and oxygen atoms in total. The van der Waals surface area contributed by atoms with Gasteiger partial charge in [-0.3, -0.25) is 9.59 Å². The topological polar surface area (TPSA) is 75.4 Å². The van der Waals surface area contributed by atoms with Crippen molar-refractivity contribution in [1.29, 1.82) is 0 Å². The second kappa shape index (κ2) is 9.62. The van der Waals surface area contributed by atoms with E-state index in [1.165, 1.54) is 13.0 Å². The molecule has 142 valence electrons. The van der Waals surface area contributed by atoms with Crippen molar-refractivity contribution in [3.8, 4) is 0 Å². The summed E-state index contributed by atoms with van der Waals surface area (Å²) in [7, 11) is 0. The molecule has 0 aliphatic heterocycles. The van der Waals surface area contributed by atoms with Crippen LogP contribution in [-0.4, -0.2) is 35.5 Å². The molecule has 3 N–H and O–H groups in total. The number of nitrogens with two attached hydrogens (primary N) is 1. The van der Waals surface area contributed by atoms with Crippen LogP contribution in [0, 0.1) is 5.92 Å². The molecule has 0 aromatic heterocycles. The van der Waals surface area contributed by atoms with Crippen LogP contribution in [0.15, 0.2) is 24.3 Å². The number of halogens is 4. The van der Waals surface area contributed by atoms with E-state index in [2.05, 4.69) is 5.32 Å². The van der Waals surface area contributed by atoms with Crippen LogP contribution in [0.2, 0.25) is 0 Å². The Labute approximate surface area is 151 Å². The fraction of sp³-hybridized carbons (Fsp3) is 0.500. The van der Waals surface area contributed by atoms with Crippen LogP contribution in [0.3, 0.4) is 0 Å². The van der Waals surface area contributed by atoms with E-state index in [1.54, 1.807) is 18.2 Å². The van der Waals surface area contributed by atoms with Crippen molar-refractivity contribution in [3.05, 3.63) is 29.8 Å². The third-order valence-electron chi connectivity index (χ3n) is 3.50. The Kier molecular flexibility index (Phi) is 8.93. The van der Waals surface area contributed by atoms with E-state index in [0.717, 1.165) is 0 Å². The van der Waals surface area contributed by atoms with E-state index < -0.39 is 18.1 Å². The summed E-state index contributed by atoms with van der Waals surface area (Å²) in [5.74, 6) is -2.31. The Morgan fingerprint density at radius 2 is 1.88 bits per heavy atom. The standard InChI is InChI=1S/C16H22F3N3O2.ClH/c1-4-22(15(24)16(17,18)19)9-11-6-5-7-12(8-11)21-14(23)13(20)10(2)3;/h5-8,10,13H,4,9,20H2,1-3H3,(H,21,23);1H/t13-;/m0./s1. The van der Waals surface area contributed by atoms with Gasteiger partial charge < -0.3 is 16.0 Å². The lowest BCUT2D eigenvalue weighted by molar-refractivity contribution is -0.185. The van der Waals surface area contributed by atoms with Gasteiger partial charge >= 0.3 is 12.1 Å². The average molecular weight is 382 g/mol. The molecule has 0 unspecified atom stereocenters. The molecule has 1 rings (SSSR count). The predicted molar refractivity (Wildman–Crippen MR) is 92.3 cm³/mol. The van der Waals surface area contributed by atoms with Crippen molar-refractivity contribution in [1.82, 2.24) is 4.90 Å². The number of carbonyl (C=O) groups is 2. The first-order valence-corrected chi connectivity index (χ1v) is 7.57. The van der Waals surface area contributed by atoms with Gasteiger partial charge in [0.25, 0.3) is 0 Å². The highest BCUT2D eigenvalue weighted by atomic mass is 35.5. The van der Waals surface area contributed by atoms with Crippen LogP contribution in [-0.2, 0) is 16.1 Å². The smallest absolute Gasteiger partial charge is 0.331 e. The number of nitrogens with zero attached hydrogens (tertiary/aromatic N) is 1. The number of rotatable bonds is 6. The minimum atomic E-state index is -4.91. The van der Waals surface area contributed by atoms with E-state index >= 15 is 0 Å². The van der Waals surface area contributed by atoms with Crippen LogP contribution >= 0.6 is 12.4 Å². The lowest BCUT2D eigenvalue weighted by Crippen LogP contribution is -2.40. The van der Waals surface area contributed by atoms with Crippen molar-refractivity contribution < 1.29 is 22.8 Å². The molecule has 0 aliphatic rings. The SMILES string of the molecule is CCN(Cc1cccc(NC(=O)[C@@H](N)C(C)C)c1)C(=O)C(F)(F)F.Cl. The quantitative estimate of drug-likeness (QED) is 0.795. The largest absolute Gasteiger partial charge is 0.471 e. The first-order chi connectivity index (χ1) is 11.1. The fourth-order valence-corrected chi connectivity index (χ4v) is 2.00. The van der Waals surface area contributed by atoms with Gasteiger partial charge in [0.05, 0.1) is 6.04 Å². The number of hydrogen-bond acceptors (Lipinski definition) is 3. The Hall–Kier alpha value is -1.80. The predicted octanol–water partition coefficient (Wildman–Crippen LogP) is 2.94. The highest BCUT2D eigenvalue weighted by Gasteiger charge is 2.41. The summed E-state index contributed by atoms with van der Waals surface area (Å²) in [5.41, 5.74) is 6.64. The fourth-order valence-electron chi connectivity index (χ4n) is 2.00. The molecule has 1 atom stereocenters. The van der Waals surface area contributed by atoms with E-state index in [0.29, 0.717) is 16.2 Å². The van der Waals surface area contributed by atoms with Crippen molar-refractivity contribution >= 4 is 29.9 Å². The van der Waals surface area contributed by atoms with Crippen molar-refractivity contribution in [2.75, 3.05) is 11.9 Å². The number of nitrogens with one attached hydrogen (secondary N) is 1. The average Bonchev–Trinajstić information content (AvgIpc) is 2.50. The van der Waals surface area contributed by atoms with Gasteiger partial charge in [-0.05, 0) is 30.5 Å². The van der Waals surface area contributed by atoms with Gasteiger partial charge in [0.15, 0.2) is 0 Å². The summed E-state index contributed by atoms with van der Waals surface area (Å²) < 4.78 is 37.6. The van der Waals surface area contributed by atoms with Crippen LogP contribution in [0.5, 0.6) is 0 Å². The maximum absolute atomic E-state index is 12.5. The second-order valence-electron chi connectivity index (χ2n) is 5.78. The molecule has 0 saturated carbocycles. The summed E-state index contributed by atoms with van der Waals surface area (Å²) in [4.78, 5) is 24.0. The maximum atomic E-state index is 12.5. The Bertz CT molecular complexity index is 594.